The van der Waals surface area contributed by atoms with Gasteiger partial charge in [0.1, 0.15) is 5.56 Å². The van der Waals surface area contributed by atoms with Crippen molar-refractivity contribution < 1.29 is 27.5 Å². The van der Waals surface area contributed by atoms with E-state index in [1.54, 1.807) is 18.5 Å². The highest BCUT2D eigenvalue weighted by molar-refractivity contribution is 5.98. The molecular formula is C22H20F3N3O3. The van der Waals surface area contributed by atoms with Gasteiger partial charge in [0.05, 0.1) is 22.6 Å². The number of para-hydroxylation sites is 1. The molecule has 162 valence electrons. The maximum absolute atomic E-state index is 12.8. The van der Waals surface area contributed by atoms with Crippen molar-refractivity contribution in [2.45, 2.75) is 33.1 Å². The van der Waals surface area contributed by atoms with Crippen molar-refractivity contribution in [2.75, 3.05) is 5.32 Å². The van der Waals surface area contributed by atoms with Gasteiger partial charge in [-0.3, -0.25) is 4.79 Å². The Labute approximate surface area is 176 Å². The Morgan fingerprint density at radius 3 is 2.39 bits per heavy atom. The van der Waals surface area contributed by atoms with Gasteiger partial charge in [0.2, 0.25) is 0 Å². The van der Waals surface area contributed by atoms with Crippen molar-refractivity contribution in [3.63, 3.8) is 0 Å². The first kappa shape index (κ1) is 22.1. The predicted octanol–water partition coefficient (Wildman–Crippen LogP) is 4.69. The third-order valence-corrected chi connectivity index (χ3v) is 4.61. The summed E-state index contributed by atoms with van der Waals surface area (Å²) in [6.45, 7) is 4.69. The number of halogens is 3. The summed E-state index contributed by atoms with van der Waals surface area (Å²) in [5.41, 5.74) is 1.01. The van der Waals surface area contributed by atoms with Crippen LogP contribution in [0.4, 0.5) is 18.9 Å². The molecular weight excluding hydrogens is 411 g/mol. The number of aromatic nitrogens is 2. The molecule has 0 aliphatic heterocycles. The molecule has 0 radical (unpaired) electrons. The number of hydrogen-bond acceptors (Lipinski definition) is 4. The molecule has 1 atom stereocenters. The van der Waals surface area contributed by atoms with Crippen LogP contribution in [0.25, 0.3) is 5.69 Å². The van der Waals surface area contributed by atoms with Gasteiger partial charge in [0, 0.05) is 5.69 Å². The van der Waals surface area contributed by atoms with E-state index in [9.17, 15) is 22.8 Å². The Kier molecular flexibility index (Phi) is 6.14. The topological polar surface area (TPSA) is 73.2 Å². The van der Waals surface area contributed by atoms with Crippen LogP contribution in [0.3, 0.4) is 0 Å². The van der Waals surface area contributed by atoms with Gasteiger partial charge in [-0.25, -0.2) is 9.48 Å². The quantitative estimate of drug-likeness (QED) is 0.595. The van der Waals surface area contributed by atoms with Crippen LogP contribution in [0.1, 0.15) is 34.2 Å². The van der Waals surface area contributed by atoms with E-state index in [0.717, 1.165) is 17.8 Å². The Morgan fingerprint density at radius 2 is 1.74 bits per heavy atom. The molecule has 3 aromatic rings. The fourth-order valence-corrected chi connectivity index (χ4v) is 3.05. The number of carbonyl (C=O) groups is 2. The number of nitrogens with zero attached hydrogens (tertiary/aromatic N) is 2. The average molecular weight is 431 g/mol. The van der Waals surface area contributed by atoms with E-state index in [2.05, 4.69) is 10.4 Å². The molecule has 3 rings (SSSR count). The first-order valence-corrected chi connectivity index (χ1v) is 9.38. The molecule has 2 aromatic carbocycles. The zero-order valence-corrected chi connectivity index (χ0v) is 17.0. The zero-order chi connectivity index (χ0) is 22.8. The van der Waals surface area contributed by atoms with E-state index in [0.29, 0.717) is 11.4 Å². The van der Waals surface area contributed by atoms with Crippen molar-refractivity contribution >= 4 is 17.6 Å². The van der Waals surface area contributed by atoms with Crippen LogP contribution in [0.2, 0.25) is 0 Å². The second-order valence-electron chi connectivity index (χ2n) is 6.91. The van der Waals surface area contributed by atoms with Crippen molar-refractivity contribution in [3.05, 3.63) is 77.1 Å². The van der Waals surface area contributed by atoms with Crippen LogP contribution in [0.15, 0.2) is 54.6 Å². The summed E-state index contributed by atoms with van der Waals surface area (Å²) in [5.74, 6) is -1.50. The van der Waals surface area contributed by atoms with Gasteiger partial charge in [-0.15, -0.1) is 0 Å². The summed E-state index contributed by atoms with van der Waals surface area (Å²) < 4.78 is 45.4. The van der Waals surface area contributed by atoms with Gasteiger partial charge in [-0.2, -0.15) is 18.3 Å². The first-order chi connectivity index (χ1) is 14.6. The number of aryl methyl sites for hydroxylation is 1. The Balaban J connectivity index is 1.72. The van der Waals surface area contributed by atoms with Gasteiger partial charge in [-0.1, -0.05) is 24.3 Å². The van der Waals surface area contributed by atoms with Crippen LogP contribution < -0.4 is 5.32 Å². The lowest BCUT2D eigenvalue weighted by Gasteiger charge is -2.15. The largest absolute Gasteiger partial charge is 0.449 e. The molecule has 0 aliphatic rings. The van der Waals surface area contributed by atoms with Gasteiger partial charge >= 0.3 is 12.1 Å². The molecule has 31 heavy (non-hydrogen) atoms. The highest BCUT2D eigenvalue weighted by Gasteiger charge is 2.31. The van der Waals surface area contributed by atoms with E-state index >= 15 is 0 Å². The van der Waals surface area contributed by atoms with E-state index in [-0.39, 0.29) is 11.3 Å². The second-order valence-corrected chi connectivity index (χ2v) is 6.91. The summed E-state index contributed by atoms with van der Waals surface area (Å²) in [7, 11) is 0. The Hall–Kier alpha value is -3.62. The van der Waals surface area contributed by atoms with Crippen molar-refractivity contribution in [1.82, 2.24) is 9.78 Å². The van der Waals surface area contributed by atoms with Crippen molar-refractivity contribution in [2.24, 2.45) is 0 Å². The molecule has 0 aliphatic carbocycles. The molecule has 0 saturated carbocycles. The lowest BCUT2D eigenvalue weighted by Crippen LogP contribution is -2.30. The predicted molar refractivity (Wildman–Crippen MR) is 108 cm³/mol. The molecule has 6 nitrogen and oxygen atoms in total. The normalized spacial score (nSPS) is 12.3. The molecule has 1 aromatic heterocycles. The standard InChI is InChI=1S/C22H20F3N3O3/c1-13-19(14(2)28(27-13)18-10-5-4-6-11-18)21(30)31-15(3)20(29)26-17-9-7-8-16(12-17)22(23,24)25/h4-12,15H,1-3H3,(H,26,29)/t15-/m0/s1. The van der Waals surface area contributed by atoms with Crippen molar-refractivity contribution in [3.8, 4) is 5.69 Å². The SMILES string of the molecule is Cc1nn(-c2ccccc2)c(C)c1C(=O)O[C@@H](C)C(=O)Nc1cccc(C(F)(F)F)c1. The van der Waals surface area contributed by atoms with Crippen LogP contribution in [0.5, 0.6) is 0 Å². The van der Waals surface area contributed by atoms with Gasteiger partial charge < -0.3 is 10.1 Å². The minimum atomic E-state index is -4.53. The number of amides is 1. The third kappa shape index (κ3) is 4.93. The number of alkyl halides is 3. The molecule has 0 fully saturated rings. The highest BCUT2D eigenvalue weighted by Crippen LogP contribution is 2.30. The van der Waals surface area contributed by atoms with Crippen LogP contribution in [-0.4, -0.2) is 27.8 Å². The minimum absolute atomic E-state index is 0.0491. The maximum atomic E-state index is 12.8. The molecule has 0 bridgehead atoms. The van der Waals surface area contributed by atoms with Gasteiger partial charge in [0.15, 0.2) is 6.10 Å². The number of hydrogen-bond donors (Lipinski definition) is 1. The molecule has 1 amide bonds. The second kappa shape index (κ2) is 8.63. The molecule has 9 heteroatoms. The third-order valence-electron chi connectivity index (χ3n) is 4.61. The van der Waals surface area contributed by atoms with E-state index in [1.165, 1.54) is 19.1 Å². The number of nitrogens with one attached hydrogen (secondary N) is 1. The molecule has 0 unspecified atom stereocenters. The van der Waals surface area contributed by atoms with Gasteiger partial charge in [0.25, 0.3) is 5.91 Å². The molecule has 1 heterocycles. The smallest absolute Gasteiger partial charge is 0.416 e. The number of carbonyl (C=O) groups excluding carboxylic acids is 2. The zero-order valence-electron chi connectivity index (χ0n) is 17.0. The first-order valence-electron chi connectivity index (χ1n) is 9.38. The number of ether oxygens (including phenoxy) is 1. The molecule has 1 N–H and O–H groups in total. The fraction of sp³-hybridized carbons (Fsp3) is 0.227. The average Bonchev–Trinajstić information content (AvgIpc) is 3.02. The lowest BCUT2D eigenvalue weighted by atomic mass is 10.2. The maximum Gasteiger partial charge on any atom is 0.416 e. The monoisotopic (exact) mass is 431 g/mol. The number of esters is 1. The highest BCUT2D eigenvalue weighted by atomic mass is 19.4. The van der Waals surface area contributed by atoms with Crippen LogP contribution in [-0.2, 0) is 15.7 Å². The number of rotatable bonds is 5. The Morgan fingerprint density at radius 1 is 1.06 bits per heavy atom. The van der Waals surface area contributed by atoms with Crippen LogP contribution >= 0.6 is 0 Å². The number of benzene rings is 2. The summed E-state index contributed by atoms with van der Waals surface area (Å²) >= 11 is 0. The van der Waals surface area contributed by atoms with E-state index in [1.807, 2.05) is 30.3 Å². The minimum Gasteiger partial charge on any atom is -0.449 e. The molecule has 0 saturated heterocycles. The summed E-state index contributed by atoms with van der Waals surface area (Å²) in [6.07, 6.45) is -5.77. The molecule has 0 spiro atoms. The lowest BCUT2D eigenvalue weighted by molar-refractivity contribution is -0.137. The fourth-order valence-electron chi connectivity index (χ4n) is 3.05. The van der Waals surface area contributed by atoms with E-state index < -0.39 is 29.7 Å². The summed E-state index contributed by atoms with van der Waals surface area (Å²) in [4.78, 5) is 25.0. The van der Waals surface area contributed by atoms with Crippen molar-refractivity contribution in [1.29, 1.82) is 0 Å². The van der Waals surface area contributed by atoms with E-state index in [4.69, 9.17) is 4.74 Å². The Bertz CT molecular complexity index is 1110. The summed E-state index contributed by atoms with van der Waals surface area (Å²) in [6, 6.07) is 13.4. The van der Waals surface area contributed by atoms with Gasteiger partial charge in [-0.05, 0) is 51.1 Å². The summed E-state index contributed by atoms with van der Waals surface area (Å²) in [5, 5.41) is 6.70. The number of anilines is 1. The van der Waals surface area contributed by atoms with Crippen LogP contribution in [0, 0.1) is 13.8 Å².